The summed E-state index contributed by atoms with van der Waals surface area (Å²) >= 11 is 2.84. The van der Waals surface area contributed by atoms with Crippen molar-refractivity contribution in [1.29, 1.82) is 5.26 Å². The molecule has 0 radical (unpaired) electrons. The van der Waals surface area contributed by atoms with E-state index < -0.39 is 0 Å². The van der Waals surface area contributed by atoms with Gasteiger partial charge in [-0.25, -0.2) is 0 Å². The number of carbonyl (C=O) groups excluding carboxylic acids is 1. The minimum atomic E-state index is -0.294. The molecule has 0 spiro atoms. The predicted octanol–water partition coefficient (Wildman–Crippen LogP) is 4.34. The molecular formula is C20H14N6OS2. The van der Waals surface area contributed by atoms with Crippen LogP contribution >= 0.6 is 23.1 Å². The van der Waals surface area contributed by atoms with Gasteiger partial charge in [-0.3, -0.25) is 15.2 Å². The summed E-state index contributed by atoms with van der Waals surface area (Å²) in [7, 11) is 0. The smallest absolute Gasteiger partial charge is 0.261 e. The first-order valence-corrected chi connectivity index (χ1v) is 10.4. The Labute approximate surface area is 174 Å². The Bertz CT molecular complexity index is 1160. The number of aromatic amines is 1. The van der Waals surface area contributed by atoms with Gasteiger partial charge in [-0.1, -0.05) is 65.6 Å². The zero-order valence-corrected chi connectivity index (χ0v) is 16.6. The highest BCUT2D eigenvalue weighted by molar-refractivity contribution is 8.00. The lowest BCUT2D eigenvalue weighted by Crippen LogP contribution is -2.12. The second kappa shape index (κ2) is 8.68. The molecule has 2 aromatic carbocycles. The number of nitrogens with one attached hydrogen (secondary N) is 2. The summed E-state index contributed by atoms with van der Waals surface area (Å²) in [6.07, 6.45) is 1.50. The summed E-state index contributed by atoms with van der Waals surface area (Å²) in [6.45, 7) is 0. The van der Waals surface area contributed by atoms with Crippen LogP contribution < -0.4 is 5.32 Å². The number of hydrogen-bond acceptors (Lipinski definition) is 7. The normalized spacial score (nSPS) is 10.4. The molecule has 0 bridgehead atoms. The third kappa shape index (κ3) is 4.51. The lowest BCUT2D eigenvalue weighted by Gasteiger charge is -2.02. The second-order valence-corrected chi connectivity index (χ2v) is 8.15. The SMILES string of the molecule is N#Cc1ccc(CSc2nnc(NC(=O)c3cn[nH]c3-c3ccccc3)s2)cc1. The molecule has 4 aromatic rings. The summed E-state index contributed by atoms with van der Waals surface area (Å²) < 4.78 is 0.750. The van der Waals surface area contributed by atoms with E-state index in [0.717, 1.165) is 15.5 Å². The number of rotatable bonds is 6. The molecule has 9 heteroatoms. The van der Waals surface area contributed by atoms with Gasteiger partial charge in [0.2, 0.25) is 5.13 Å². The van der Waals surface area contributed by atoms with Gasteiger partial charge in [-0.05, 0) is 17.7 Å². The molecule has 0 unspecified atom stereocenters. The van der Waals surface area contributed by atoms with E-state index in [1.807, 2.05) is 42.5 Å². The number of hydrogen-bond donors (Lipinski definition) is 2. The molecular weight excluding hydrogens is 404 g/mol. The summed E-state index contributed by atoms with van der Waals surface area (Å²) in [5, 5.41) is 27.1. The largest absolute Gasteiger partial charge is 0.296 e. The number of carbonyl (C=O) groups is 1. The maximum atomic E-state index is 12.7. The molecule has 0 aliphatic heterocycles. The van der Waals surface area contributed by atoms with Gasteiger partial charge in [0.25, 0.3) is 5.91 Å². The topological polar surface area (TPSA) is 107 Å². The van der Waals surface area contributed by atoms with Gasteiger partial charge >= 0.3 is 0 Å². The maximum absolute atomic E-state index is 12.7. The van der Waals surface area contributed by atoms with Crippen LogP contribution in [0.25, 0.3) is 11.3 Å². The number of amides is 1. The number of nitrogens with zero attached hydrogens (tertiary/aromatic N) is 4. The maximum Gasteiger partial charge on any atom is 0.261 e. The predicted molar refractivity (Wildman–Crippen MR) is 113 cm³/mol. The Balaban J connectivity index is 1.40. The van der Waals surface area contributed by atoms with Gasteiger partial charge in [0.05, 0.1) is 29.1 Å². The first-order valence-electron chi connectivity index (χ1n) is 8.58. The van der Waals surface area contributed by atoms with E-state index in [4.69, 9.17) is 5.26 Å². The van der Waals surface area contributed by atoms with Crippen molar-refractivity contribution in [2.24, 2.45) is 0 Å². The van der Waals surface area contributed by atoms with Crippen molar-refractivity contribution in [2.75, 3.05) is 5.32 Å². The highest BCUT2D eigenvalue weighted by Crippen LogP contribution is 2.29. The molecule has 7 nitrogen and oxygen atoms in total. The minimum Gasteiger partial charge on any atom is -0.296 e. The third-order valence-corrected chi connectivity index (χ3v) is 6.06. The van der Waals surface area contributed by atoms with E-state index >= 15 is 0 Å². The fraction of sp³-hybridized carbons (Fsp3) is 0.0500. The van der Waals surface area contributed by atoms with Crippen molar-refractivity contribution in [2.45, 2.75) is 10.1 Å². The van der Waals surface area contributed by atoms with E-state index in [2.05, 4.69) is 31.8 Å². The zero-order valence-electron chi connectivity index (χ0n) is 15.0. The Morgan fingerprint density at radius 1 is 1.14 bits per heavy atom. The standard InChI is InChI=1S/C20H14N6OS2/c21-10-13-6-8-14(9-7-13)12-28-20-26-25-19(29-20)23-18(27)16-11-22-24-17(16)15-4-2-1-3-5-15/h1-9,11H,12H2,(H,22,24)(H,23,25,27). The lowest BCUT2D eigenvalue weighted by molar-refractivity contribution is 0.102. The first-order chi connectivity index (χ1) is 14.2. The van der Waals surface area contributed by atoms with Gasteiger partial charge in [0.1, 0.15) is 0 Å². The van der Waals surface area contributed by atoms with Crippen LogP contribution in [-0.2, 0) is 5.75 Å². The van der Waals surface area contributed by atoms with Crippen LogP contribution in [0.1, 0.15) is 21.5 Å². The summed E-state index contributed by atoms with van der Waals surface area (Å²) in [6, 6.07) is 19.1. The van der Waals surface area contributed by atoms with Crippen molar-refractivity contribution < 1.29 is 4.79 Å². The fourth-order valence-electron chi connectivity index (χ4n) is 2.59. The van der Waals surface area contributed by atoms with Gasteiger partial charge in [-0.15, -0.1) is 10.2 Å². The Morgan fingerprint density at radius 3 is 2.69 bits per heavy atom. The highest BCUT2D eigenvalue weighted by atomic mass is 32.2. The van der Waals surface area contributed by atoms with Crippen LogP contribution in [-0.4, -0.2) is 26.3 Å². The van der Waals surface area contributed by atoms with Crippen LogP contribution in [0.15, 0.2) is 65.1 Å². The molecule has 29 heavy (non-hydrogen) atoms. The molecule has 1 amide bonds. The number of nitriles is 1. The molecule has 0 saturated carbocycles. The van der Waals surface area contributed by atoms with Crippen molar-refractivity contribution >= 4 is 34.1 Å². The number of H-pyrrole nitrogens is 1. The zero-order chi connectivity index (χ0) is 20.1. The van der Waals surface area contributed by atoms with E-state index in [1.54, 1.807) is 12.1 Å². The van der Waals surface area contributed by atoms with E-state index in [1.165, 1.54) is 29.3 Å². The molecule has 2 N–H and O–H groups in total. The Morgan fingerprint density at radius 2 is 1.93 bits per heavy atom. The van der Waals surface area contributed by atoms with Crippen LogP contribution in [0, 0.1) is 11.3 Å². The quantitative estimate of drug-likeness (QED) is 0.356. The number of aromatic nitrogens is 4. The molecule has 2 heterocycles. The lowest BCUT2D eigenvalue weighted by atomic mass is 10.1. The van der Waals surface area contributed by atoms with Crippen molar-refractivity contribution in [1.82, 2.24) is 20.4 Å². The molecule has 0 aliphatic rings. The van der Waals surface area contributed by atoms with Gasteiger partial charge in [0, 0.05) is 11.3 Å². The molecule has 0 saturated heterocycles. The molecule has 0 aliphatic carbocycles. The van der Waals surface area contributed by atoms with Gasteiger partial charge in [-0.2, -0.15) is 10.4 Å². The van der Waals surface area contributed by atoms with Crippen molar-refractivity contribution in [3.8, 4) is 17.3 Å². The fourth-order valence-corrected chi connectivity index (χ4v) is 4.29. The number of thioether (sulfide) groups is 1. The average molecular weight is 419 g/mol. The van der Waals surface area contributed by atoms with Crippen molar-refractivity contribution in [3.63, 3.8) is 0 Å². The molecule has 4 rings (SSSR count). The highest BCUT2D eigenvalue weighted by Gasteiger charge is 2.17. The van der Waals surface area contributed by atoms with Crippen LogP contribution in [0.4, 0.5) is 5.13 Å². The first kappa shape index (κ1) is 18.9. The van der Waals surface area contributed by atoms with Crippen LogP contribution in [0.5, 0.6) is 0 Å². The molecule has 142 valence electrons. The van der Waals surface area contributed by atoms with E-state index in [0.29, 0.717) is 27.7 Å². The van der Waals surface area contributed by atoms with Crippen molar-refractivity contribution in [3.05, 3.63) is 77.5 Å². The van der Waals surface area contributed by atoms with Crippen LogP contribution in [0.3, 0.4) is 0 Å². The average Bonchev–Trinajstić information content (AvgIpc) is 3.43. The minimum absolute atomic E-state index is 0.294. The third-order valence-electron chi connectivity index (χ3n) is 4.02. The van der Waals surface area contributed by atoms with Gasteiger partial charge in [0.15, 0.2) is 4.34 Å². The molecule has 0 fully saturated rings. The molecule has 2 aromatic heterocycles. The molecule has 0 atom stereocenters. The number of benzene rings is 2. The monoisotopic (exact) mass is 418 g/mol. The Kier molecular flexibility index (Phi) is 5.65. The Hall–Kier alpha value is -3.48. The van der Waals surface area contributed by atoms with Crippen LogP contribution in [0.2, 0.25) is 0 Å². The summed E-state index contributed by atoms with van der Waals surface area (Å²) in [5.41, 5.74) is 3.70. The number of anilines is 1. The van der Waals surface area contributed by atoms with Gasteiger partial charge < -0.3 is 0 Å². The van der Waals surface area contributed by atoms with E-state index in [-0.39, 0.29) is 5.91 Å². The summed E-state index contributed by atoms with van der Waals surface area (Å²) in [4.78, 5) is 12.7. The summed E-state index contributed by atoms with van der Waals surface area (Å²) in [5.74, 6) is 0.408. The second-order valence-electron chi connectivity index (χ2n) is 5.95. The van der Waals surface area contributed by atoms with E-state index in [9.17, 15) is 4.79 Å².